The van der Waals surface area contributed by atoms with Gasteiger partial charge in [0.2, 0.25) is 10.0 Å². The van der Waals surface area contributed by atoms with Gasteiger partial charge in [-0.1, -0.05) is 23.7 Å². The van der Waals surface area contributed by atoms with Crippen molar-refractivity contribution in [1.82, 2.24) is 4.31 Å². The van der Waals surface area contributed by atoms with Gasteiger partial charge in [-0.25, -0.2) is 8.42 Å². The Kier molecular flexibility index (Phi) is 5.93. The first-order valence-corrected chi connectivity index (χ1v) is 10.4. The fraction of sp³-hybridized carbons (Fsp3) is 0.211. The fourth-order valence-corrected chi connectivity index (χ4v) is 4.61. The third-order valence-electron chi connectivity index (χ3n) is 4.44. The topological polar surface area (TPSA) is 97.6 Å². The first-order valence-electron chi connectivity index (χ1n) is 8.55. The molecule has 0 spiro atoms. The average Bonchev–Trinajstić information content (AvgIpc) is 3.22. The summed E-state index contributed by atoms with van der Waals surface area (Å²) in [5.74, 6) is -0.345. The largest absolute Gasteiger partial charge is 0.289 e. The van der Waals surface area contributed by atoms with Crippen LogP contribution in [0.5, 0.6) is 0 Å². The van der Waals surface area contributed by atoms with Crippen LogP contribution in [0.15, 0.2) is 53.4 Å². The maximum absolute atomic E-state index is 12.5. The Morgan fingerprint density at radius 1 is 1.11 bits per heavy atom. The molecule has 0 unspecified atom stereocenters. The van der Waals surface area contributed by atoms with Crippen molar-refractivity contribution in [1.29, 1.82) is 0 Å². The molecule has 1 aliphatic heterocycles. The molecule has 1 heterocycles. The molecule has 0 radical (unpaired) electrons. The first kappa shape index (κ1) is 20.2. The van der Waals surface area contributed by atoms with Gasteiger partial charge in [-0.3, -0.25) is 14.9 Å². The Morgan fingerprint density at radius 3 is 2.36 bits per heavy atom. The Balaban J connectivity index is 1.75. The van der Waals surface area contributed by atoms with E-state index in [0.29, 0.717) is 24.2 Å². The zero-order valence-corrected chi connectivity index (χ0v) is 16.3. The van der Waals surface area contributed by atoms with Crippen molar-refractivity contribution in [3.8, 4) is 0 Å². The zero-order valence-electron chi connectivity index (χ0n) is 14.7. The van der Waals surface area contributed by atoms with Gasteiger partial charge >= 0.3 is 0 Å². The lowest BCUT2D eigenvalue weighted by molar-refractivity contribution is -0.384. The number of allylic oxidation sites excluding steroid dienone is 1. The monoisotopic (exact) mass is 420 g/mol. The molecule has 0 amide bonds. The summed E-state index contributed by atoms with van der Waals surface area (Å²) in [6.07, 6.45) is 4.42. The summed E-state index contributed by atoms with van der Waals surface area (Å²) in [5.41, 5.74) is 0.533. The van der Waals surface area contributed by atoms with Crippen LogP contribution in [0.25, 0.3) is 6.08 Å². The van der Waals surface area contributed by atoms with Gasteiger partial charge in [-0.05, 0) is 54.8 Å². The highest BCUT2D eigenvalue weighted by Gasteiger charge is 2.27. The molecule has 2 aromatic rings. The number of nitro benzene ring substituents is 1. The number of ketones is 1. The predicted octanol–water partition coefficient (Wildman–Crippen LogP) is 3.93. The standard InChI is InChI=1S/C19H17ClN2O5S/c20-17-9-3-14(13-18(17)22(24)25)4-10-19(23)15-5-7-16(8-6-15)28(26,27)21-11-1-2-12-21/h3-10,13H,1-2,11-12H2. The molecule has 1 saturated heterocycles. The van der Waals surface area contributed by atoms with Crippen LogP contribution in [-0.4, -0.2) is 36.5 Å². The fourth-order valence-electron chi connectivity index (χ4n) is 2.91. The van der Waals surface area contributed by atoms with E-state index in [0.717, 1.165) is 12.8 Å². The molecular formula is C19H17ClN2O5S. The first-order chi connectivity index (χ1) is 13.3. The molecule has 0 saturated carbocycles. The van der Waals surface area contributed by atoms with Crippen molar-refractivity contribution in [3.05, 3.63) is 74.8 Å². The number of carbonyl (C=O) groups excluding carboxylic acids is 1. The number of carbonyl (C=O) groups is 1. The molecule has 9 heteroatoms. The minimum Gasteiger partial charge on any atom is -0.289 e. The molecule has 0 bridgehead atoms. The van der Waals surface area contributed by atoms with Crippen LogP contribution in [0, 0.1) is 10.1 Å². The minimum absolute atomic E-state index is 0.0169. The van der Waals surface area contributed by atoms with Crippen molar-refractivity contribution >= 4 is 39.2 Å². The van der Waals surface area contributed by atoms with Crippen LogP contribution in [0.3, 0.4) is 0 Å². The predicted molar refractivity (Wildman–Crippen MR) is 106 cm³/mol. The summed E-state index contributed by atoms with van der Waals surface area (Å²) < 4.78 is 26.4. The number of nitrogens with zero attached hydrogens (tertiary/aromatic N) is 2. The second-order valence-corrected chi connectivity index (χ2v) is 8.65. The molecule has 3 rings (SSSR count). The number of nitro groups is 1. The van der Waals surface area contributed by atoms with Crippen molar-refractivity contribution in [2.75, 3.05) is 13.1 Å². The lowest BCUT2D eigenvalue weighted by Crippen LogP contribution is -2.27. The Morgan fingerprint density at radius 2 is 1.75 bits per heavy atom. The van der Waals surface area contributed by atoms with Gasteiger partial charge in [-0.2, -0.15) is 4.31 Å². The summed E-state index contributed by atoms with van der Waals surface area (Å²) >= 11 is 5.76. The van der Waals surface area contributed by atoms with Crippen molar-refractivity contribution in [2.45, 2.75) is 17.7 Å². The normalized spacial score (nSPS) is 15.2. The van der Waals surface area contributed by atoms with Gasteiger partial charge < -0.3 is 0 Å². The Hall–Kier alpha value is -2.55. The van der Waals surface area contributed by atoms with E-state index < -0.39 is 14.9 Å². The smallest absolute Gasteiger partial charge is 0.288 e. The van der Waals surface area contributed by atoms with Gasteiger partial charge in [0.25, 0.3) is 5.69 Å². The maximum Gasteiger partial charge on any atom is 0.288 e. The number of halogens is 1. The van der Waals surface area contributed by atoms with Gasteiger partial charge in [0.05, 0.1) is 9.82 Å². The van der Waals surface area contributed by atoms with Crippen LogP contribution in [0.2, 0.25) is 5.02 Å². The number of rotatable bonds is 6. The summed E-state index contributed by atoms with van der Waals surface area (Å²) in [5, 5.41) is 10.9. The highest BCUT2D eigenvalue weighted by atomic mass is 35.5. The molecule has 0 aromatic heterocycles. The summed E-state index contributed by atoms with van der Waals surface area (Å²) in [6.45, 7) is 1.03. The highest BCUT2D eigenvalue weighted by molar-refractivity contribution is 7.89. The second kappa shape index (κ2) is 8.22. The number of hydrogen-bond acceptors (Lipinski definition) is 5. The van der Waals surface area contributed by atoms with Crippen LogP contribution in [0.4, 0.5) is 5.69 Å². The second-order valence-electron chi connectivity index (χ2n) is 6.30. The van der Waals surface area contributed by atoms with Gasteiger partial charge in [0, 0.05) is 24.7 Å². The molecule has 0 atom stereocenters. The van der Waals surface area contributed by atoms with E-state index in [-0.39, 0.29) is 21.4 Å². The molecule has 7 nitrogen and oxygen atoms in total. The third-order valence-corrected chi connectivity index (χ3v) is 6.67. The number of hydrogen-bond donors (Lipinski definition) is 0. The van der Waals surface area contributed by atoms with E-state index in [1.54, 1.807) is 6.07 Å². The minimum atomic E-state index is -3.53. The Bertz CT molecular complexity index is 1040. The van der Waals surface area contributed by atoms with Crippen LogP contribution < -0.4 is 0 Å². The molecule has 0 N–H and O–H groups in total. The van der Waals surface area contributed by atoms with E-state index in [2.05, 4.69) is 0 Å². The van der Waals surface area contributed by atoms with E-state index in [9.17, 15) is 23.3 Å². The van der Waals surface area contributed by atoms with E-state index in [1.807, 2.05) is 0 Å². The van der Waals surface area contributed by atoms with E-state index in [4.69, 9.17) is 11.6 Å². The SMILES string of the molecule is O=C(C=Cc1ccc(Cl)c([N+](=O)[O-])c1)c1ccc(S(=O)(=O)N2CCCC2)cc1. The molecule has 146 valence electrons. The average molecular weight is 421 g/mol. The highest BCUT2D eigenvalue weighted by Crippen LogP contribution is 2.26. The molecule has 1 fully saturated rings. The summed E-state index contributed by atoms with van der Waals surface area (Å²) in [6, 6.07) is 9.98. The molecule has 1 aliphatic rings. The van der Waals surface area contributed by atoms with Gasteiger partial charge in [0.15, 0.2) is 5.78 Å². The lowest BCUT2D eigenvalue weighted by Gasteiger charge is -2.15. The summed E-state index contributed by atoms with van der Waals surface area (Å²) in [7, 11) is -3.53. The van der Waals surface area contributed by atoms with E-state index in [1.165, 1.54) is 52.9 Å². The van der Waals surface area contributed by atoms with E-state index >= 15 is 0 Å². The van der Waals surface area contributed by atoms with Crippen LogP contribution >= 0.6 is 11.6 Å². The van der Waals surface area contributed by atoms with Crippen molar-refractivity contribution in [3.63, 3.8) is 0 Å². The van der Waals surface area contributed by atoms with Gasteiger partial charge in [-0.15, -0.1) is 0 Å². The number of benzene rings is 2. The zero-order chi connectivity index (χ0) is 20.3. The summed E-state index contributed by atoms with van der Waals surface area (Å²) in [4.78, 5) is 22.8. The van der Waals surface area contributed by atoms with Crippen LogP contribution in [0.1, 0.15) is 28.8 Å². The molecule has 2 aromatic carbocycles. The molecular weight excluding hydrogens is 404 g/mol. The quantitative estimate of drug-likeness (QED) is 0.305. The van der Waals surface area contributed by atoms with Gasteiger partial charge in [0.1, 0.15) is 5.02 Å². The maximum atomic E-state index is 12.5. The Labute approximate surface area is 167 Å². The lowest BCUT2D eigenvalue weighted by atomic mass is 10.1. The number of sulfonamides is 1. The third kappa shape index (κ3) is 4.30. The van der Waals surface area contributed by atoms with Crippen molar-refractivity contribution < 1.29 is 18.1 Å². The molecule has 0 aliphatic carbocycles. The van der Waals surface area contributed by atoms with Crippen LogP contribution in [-0.2, 0) is 10.0 Å². The van der Waals surface area contributed by atoms with Crippen molar-refractivity contribution in [2.24, 2.45) is 0 Å². The molecule has 28 heavy (non-hydrogen) atoms.